The number of aryl methyl sites for hydroxylation is 1. The van der Waals surface area contributed by atoms with Gasteiger partial charge in [-0.15, -0.1) is 11.8 Å². The van der Waals surface area contributed by atoms with Gasteiger partial charge in [-0.1, -0.05) is 6.92 Å². The second-order valence-corrected chi connectivity index (χ2v) is 5.31. The summed E-state index contributed by atoms with van der Waals surface area (Å²) in [4.78, 5) is 25.1. The lowest BCUT2D eigenvalue weighted by atomic mass is 10.2. The second-order valence-electron chi connectivity index (χ2n) is 4.10. The van der Waals surface area contributed by atoms with E-state index in [2.05, 4.69) is 5.10 Å². The molecule has 0 saturated carbocycles. The first-order valence-corrected chi connectivity index (χ1v) is 6.76. The van der Waals surface area contributed by atoms with Crippen molar-refractivity contribution < 1.29 is 14.7 Å². The minimum atomic E-state index is -0.950. The molecule has 6 nitrogen and oxygen atoms in total. The number of carboxylic acid groups (broad SMARTS) is 1. The number of hydrogen-bond donors (Lipinski definition) is 1. The topological polar surface area (TPSA) is 75.4 Å². The van der Waals surface area contributed by atoms with Crippen molar-refractivity contribution in [2.24, 2.45) is 7.05 Å². The van der Waals surface area contributed by atoms with E-state index < -0.39 is 12.0 Å². The van der Waals surface area contributed by atoms with Crippen LogP contribution in [-0.4, -0.2) is 48.8 Å². The van der Waals surface area contributed by atoms with Crippen molar-refractivity contribution in [1.82, 2.24) is 14.7 Å². The standard InChI is InChI=1S/C11H15N3O3S/c1-3-9-14(8(6-18-9)11(16)17)10(15)7-4-5-12-13(7)2/h4-5,8-9H,3,6H2,1-2H3,(H,16,17). The highest BCUT2D eigenvalue weighted by Crippen LogP contribution is 2.32. The monoisotopic (exact) mass is 269 g/mol. The first-order chi connectivity index (χ1) is 8.56. The summed E-state index contributed by atoms with van der Waals surface area (Å²) < 4.78 is 1.47. The zero-order valence-electron chi connectivity index (χ0n) is 10.2. The lowest BCUT2D eigenvalue weighted by Gasteiger charge is -2.26. The van der Waals surface area contributed by atoms with Crippen molar-refractivity contribution in [2.75, 3.05) is 5.75 Å². The molecule has 1 aliphatic heterocycles. The fourth-order valence-electron chi connectivity index (χ4n) is 2.06. The van der Waals surface area contributed by atoms with Gasteiger partial charge in [-0.05, 0) is 12.5 Å². The van der Waals surface area contributed by atoms with Crippen LogP contribution in [0.4, 0.5) is 0 Å². The minimum absolute atomic E-state index is 0.0755. The van der Waals surface area contributed by atoms with Crippen molar-refractivity contribution in [3.63, 3.8) is 0 Å². The molecular formula is C11H15N3O3S. The molecule has 0 spiro atoms. The van der Waals surface area contributed by atoms with Gasteiger partial charge in [-0.3, -0.25) is 9.48 Å². The highest BCUT2D eigenvalue weighted by Gasteiger charge is 2.41. The zero-order chi connectivity index (χ0) is 13.3. The van der Waals surface area contributed by atoms with Gasteiger partial charge < -0.3 is 10.0 Å². The number of aromatic nitrogens is 2. The summed E-state index contributed by atoms with van der Waals surface area (Å²) in [7, 11) is 1.67. The molecule has 1 aromatic heterocycles. The molecule has 0 bridgehead atoms. The summed E-state index contributed by atoms with van der Waals surface area (Å²) in [6.07, 6.45) is 2.27. The number of rotatable bonds is 3. The predicted octanol–water partition coefficient (Wildman–Crippen LogP) is 0.798. The Bertz CT molecular complexity index is 474. The molecule has 18 heavy (non-hydrogen) atoms. The Hall–Kier alpha value is -1.50. The molecule has 1 aliphatic rings. The lowest BCUT2D eigenvalue weighted by Crippen LogP contribution is -2.46. The molecule has 2 unspecified atom stereocenters. The van der Waals surface area contributed by atoms with Crippen molar-refractivity contribution in [2.45, 2.75) is 24.8 Å². The van der Waals surface area contributed by atoms with Crippen LogP contribution >= 0.6 is 11.8 Å². The molecule has 0 aliphatic carbocycles. The van der Waals surface area contributed by atoms with Crippen LogP contribution < -0.4 is 0 Å². The predicted molar refractivity (Wildman–Crippen MR) is 67.3 cm³/mol. The average Bonchev–Trinajstić information content (AvgIpc) is 2.93. The molecular weight excluding hydrogens is 254 g/mol. The van der Waals surface area contributed by atoms with Crippen LogP contribution in [0.2, 0.25) is 0 Å². The van der Waals surface area contributed by atoms with E-state index in [9.17, 15) is 14.7 Å². The van der Waals surface area contributed by atoms with Crippen molar-refractivity contribution in [3.05, 3.63) is 18.0 Å². The molecule has 98 valence electrons. The third-order valence-electron chi connectivity index (χ3n) is 3.00. The fourth-order valence-corrected chi connectivity index (χ4v) is 3.40. The maximum Gasteiger partial charge on any atom is 0.327 e. The fraction of sp³-hybridized carbons (Fsp3) is 0.545. The first-order valence-electron chi connectivity index (χ1n) is 5.71. The van der Waals surface area contributed by atoms with Crippen LogP contribution in [0.15, 0.2) is 12.3 Å². The molecule has 2 heterocycles. The van der Waals surface area contributed by atoms with Gasteiger partial charge >= 0.3 is 5.97 Å². The van der Waals surface area contributed by atoms with Gasteiger partial charge in [0.1, 0.15) is 11.7 Å². The number of nitrogens with zero attached hydrogens (tertiary/aromatic N) is 3. The van der Waals surface area contributed by atoms with E-state index >= 15 is 0 Å². The Morgan fingerprint density at radius 1 is 1.61 bits per heavy atom. The van der Waals surface area contributed by atoms with Gasteiger partial charge in [0.2, 0.25) is 0 Å². The number of hydrogen-bond acceptors (Lipinski definition) is 4. The summed E-state index contributed by atoms with van der Waals surface area (Å²) in [5, 5.41) is 13.1. The summed E-state index contributed by atoms with van der Waals surface area (Å²) >= 11 is 1.51. The van der Waals surface area contributed by atoms with Crippen LogP contribution in [0.1, 0.15) is 23.8 Å². The van der Waals surface area contributed by atoms with E-state index in [4.69, 9.17) is 0 Å². The van der Waals surface area contributed by atoms with Gasteiger partial charge in [0.15, 0.2) is 0 Å². The molecule has 7 heteroatoms. The van der Waals surface area contributed by atoms with Gasteiger partial charge in [-0.2, -0.15) is 5.10 Å². The first kappa shape index (κ1) is 12.9. The maximum absolute atomic E-state index is 12.4. The number of carbonyl (C=O) groups excluding carboxylic acids is 1. The molecule has 2 atom stereocenters. The number of carbonyl (C=O) groups is 2. The smallest absolute Gasteiger partial charge is 0.327 e. The van der Waals surface area contributed by atoms with Crippen LogP contribution in [0.5, 0.6) is 0 Å². The van der Waals surface area contributed by atoms with Crippen LogP contribution in [-0.2, 0) is 11.8 Å². The summed E-state index contributed by atoms with van der Waals surface area (Å²) in [5.74, 6) is -0.773. The normalized spacial score (nSPS) is 23.3. The van der Waals surface area contributed by atoms with E-state index in [1.165, 1.54) is 27.5 Å². The van der Waals surface area contributed by atoms with Gasteiger partial charge in [0.25, 0.3) is 5.91 Å². The summed E-state index contributed by atoms with van der Waals surface area (Å²) in [6, 6.07) is 0.860. The molecule has 1 N–H and O–H groups in total. The Balaban J connectivity index is 2.30. The largest absolute Gasteiger partial charge is 0.480 e. The van der Waals surface area contributed by atoms with Gasteiger partial charge in [0, 0.05) is 19.0 Å². The lowest BCUT2D eigenvalue weighted by molar-refractivity contribution is -0.141. The third kappa shape index (κ3) is 2.10. The molecule has 1 aromatic rings. The number of amides is 1. The molecule has 1 saturated heterocycles. The highest BCUT2D eigenvalue weighted by molar-refractivity contribution is 8.00. The van der Waals surface area contributed by atoms with Crippen molar-refractivity contribution >= 4 is 23.6 Å². The van der Waals surface area contributed by atoms with Crippen molar-refractivity contribution in [1.29, 1.82) is 0 Å². The van der Waals surface area contributed by atoms with E-state index in [1.54, 1.807) is 13.1 Å². The second kappa shape index (κ2) is 5.01. The quantitative estimate of drug-likeness (QED) is 0.878. The molecule has 0 radical (unpaired) electrons. The molecule has 1 amide bonds. The van der Waals surface area contributed by atoms with E-state index in [1.807, 2.05) is 6.92 Å². The Morgan fingerprint density at radius 2 is 2.33 bits per heavy atom. The van der Waals surface area contributed by atoms with E-state index in [0.717, 1.165) is 6.42 Å². The van der Waals surface area contributed by atoms with Crippen LogP contribution in [0.3, 0.4) is 0 Å². The zero-order valence-corrected chi connectivity index (χ0v) is 11.1. The Kier molecular flexibility index (Phi) is 3.60. The van der Waals surface area contributed by atoms with Gasteiger partial charge in [-0.25, -0.2) is 4.79 Å². The Labute approximate surface area is 109 Å². The van der Waals surface area contributed by atoms with Crippen molar-refractivity contribution in [3.8, 4) is 0 Å². The third-order valence-corrected chi connectivity index (χ3v) is 4.45. The molecule has 1 fully saturated rings. The van der Waals surface area contributed by atoms with Crippen LogP contribution in [0.25, 0.3) is 0 Å². The molecule has 0 aromatic carbocycles. The number of aliphatic carboxylic acids is 1. The number of carboxylic acids is 1. The van der Waals surface area contributed by atoms with Gasteiger partial charge in [0.05, 0.1) is 5.37 Å². The minimum Gasteiger partial charge on any atom is -0.480 e. The number of thioether (sulfide) groups is 1. The average molecular weight is 269 g/mol. The summed E-state index contributed by atoms with van der Waals surface area (Å²) in [6.45, 7) is 1.95. The van der Waals surface area contributed by atoms with Crippen LogP contribution in [0, 0.1) is 0 Å². The van der Waals surface area contributed by atoms with E-state index in [0.29, 0.717) is 11.4 Å². The highest BCUT2D eigenvalue weighted by atomic mass is 32.2. The maximum atomic E-state index is 12.4. The Morgan fingerprint density at radius 3 is 2.83 bits per heavy atom. The SMILES string of the molecule is CCC1SCC(C(=O)O)N1C(=O)c1ccnn1C. The molecule has 2 rings (SSSR count). The summed E-state index contributed by atoms with van der Waals surface area (Å²) in [5.41, 5.74) is 0.419. The van der Waals surface area contributed by atoms with E-state index in [-0.39, 0.29) is 11.3 Å².